The van der Waals surface area contributed by atoms with Gasteiger partial charge in [0, 0.05) is 21.2 Å². The van der Waals surface area contributed by atoms with Crippen LogP contribution in [0.3, 0.4) is 0 Å². The number of hydrogen-bond donors (Lipinski definition) is 1. The minimum absolute atomic E-state index is 0.372. The number of amides is 4. The zero-order chi connectivity index (χ0) is 17.1. The molecule has 1 heterocycles. The van der Waals surface area contributed by atoms with Gasteiger partial charge in [-0.3, -0.25) is 0 Å². The molecule has 1 aromatic carbocycles. The summed E-state index contributed by atoms with van der Waals surface area (Å²) in [6.07, 6.45) is 0. The molecule has 120 valence electrons. The Morgan fingerprint density at radius 2 is 2.00 bits per heavy atom. The van der Waals surface area contributed by atoms with Gasteiger partial charge < -0.3 is 5.32 Å². The van der Waals surface area contributed by atoms with Crippen molar-refractivity contribution in [1.82, 2.24) is 10.2 Å². The molecule has 0 spiro atoms. The Morgan fingerprint density at radius 1 is 1.39 bits per heavy atom. The highest BCUT2D eigenvalue weighted by molar-refractivity contribution is 9.11. The summed E-state index contributed by atoms with van der Waals surface area (Å²) >= 11 is 6.78. The molecule has 0 fully saturated rings. The number of aliphatic imine (C=N–C) groups is 1. The third-order valence-corrected chi connectivity index (χ3v) is 4.35. The van der Waals surface area contributed by atoms with Gasteiger partial charge in [0.15, 0.2) is 0 Å². The largest absolute Gasteiger partial charge is 0.352 e. The molecular formula is C15H14Br2N4O2. The highest BCUT2D eigenvalue weighted by atomic mass is 79.9. The molecule has 1 aromatic rings. The van der Waals surface area contributed by atoms with E-state index in [4.69, 9.17) is 0 Å². The van der Waals surface area contributed by atoms with Gasteiger partial charge in [0.05, 0.1) is 12.1 Å². The predicted molar refractivity (Wildman–Crippen MR) is 93.1 cm³/mol. The Balaban J connectivity index is 2.60. The Morgan fingerprint density at radius 3 is 2.52 bits per heavy atom. The summed E-state index contributed by atoms with van der Waals surface area (Å²) in [5, 5.41) is 12.1. The molecule has 2 unspecified atom stereocenters. The maximum atomic E-state index is 12.3. The van der Waals surface area contributed by atoms with E-state index in [9.17, 15) is 14.9 Å². The average Bonchev–Trinajstić information content (AvgIpc) is 2.45. The van der Waals surface area contributed by atoms with Crippen LogP contribution in [0.5, 0.6) is 0 Å². The van der Waals surface area contributed by atoms with Gasteiger partial charge in [-0.15, -0.1) is 0 Å². The van der Waals surface area contributed by atoms with Crippen molar-refractivity contribution in [1.29, 1.82) is 5.26 Å². The third kappa shape index (κ3) is 3.62. The summed E-state index contributed by atoms with van der Waals surface area (Å²) < 4.78 is 1.56. The number of nitrogens with one attached hydrogen (secondary N) is 1. The molecule has 2 atom stereocenters. The maximum Gasteiger partial charge on any atom is 0.352 e. The molecule has 1 aliphatic heterocycles. The predicted octanol–water partition coefficient (Wildman–Crippen LogP) is 4.02. The highest BCUT2D eigenvalue weighted by Crippen LogP contribution is 2.36. The van der Waals surface area contributed by atoms with E-state index in [0.717, 1.165) is 13.8 Å². The summed E-state index contributed by atoms with van der Waals surface area (Å²) in [6, 6.07) is 5.62. The van der Waals surface area contributed by atoms with Gasteiger partial charge in [0.2, 0.25) is 0 Å². The fraction of sp³-hybridized carbons (Fsp3) is 0.333. The molecule has 1 aliphatic rings. The smallest absolute Gasteiger partial charge is 0.338 e. The van der Waals surface area contributed by atoms with E-state index in [0.29, 0.717) is 17.8 Å². The lowest BCUT2D eigenvalue weighted by atomic mass is 9.88. The van der Waals surface area contributed by atoms with Crippen molar-refractivity contribution in [2.24, 2.45) is 10.9 Å². The molecule has 2 rings (SSSR count). The molecule has 0 radical (unpaired) electrons. The van der Waals surface area contributed by atoms with E-state index >= 15 is 0 Å². The second-order valence-corrected chi connectivity index (χ2v) is 6.83. The first-order valence-electron chi connectivity index (χ1n) is 6.90. The number of urea groups is 2. The fourth-order valence-corrected chi connectivity index (χ4v) is 3.80. The van der Waals surface area contributed by atoms with Gasteiger partial charge in [0.1, 0.15) is 5.92 Å². The van der Waals surface area contributed by atoms with Crippen LogP contribution in [0.1, 0.15) is 25.5 Å². The highest BCUT2D eigenvalue weighted by Gasteiger charge is 2.41. The number of nitriles is 1. The van der Waals surface area contributed by atoms with E-state index < -0.39 is 24.0 Å². The first-order chi connectivity index (χ1) is 10.9. The summed E-state index contributed by atoms with van der Waals surface area (Å²) in [6.45, 7) is 3.76. The van der Waals surface area contributed by atoms with Crippen LogP contribution in [-0.2, 0) is 0 Å². The number of halogens is 2. The average molecular weight is 442 g/mol. The number of benzene rings is 1. The molecule has 0 aliphatic carbocycles. The number of rotatable bonds is 2. The van der Waals surface area contributed by atoms with Crippen molar-refractivity contribution in [2.75, 3.05) is 6.54 Å². The summed E-state index contributed by atoms with van der Waals surface area (Å²) in [5.74, 6) is -0.698. The van der Waals surface area contributed by atoms with Gasteiger partial charge in [-0.2, -0.15) is 5.26 Å². The molecule has 0 saturated carbocycles. The van der Waals surface area contributed by atoms with Crippen LogP contribution in [0.2, 0.25) is 0 Å². The minimum atomic E-state index is -0.731. The topological polar surface area (TPSA) is 85.6 Å². The maximum absolute atomic E-state index is 12.3. The Hall–Kier alpha value is -1.72. The summed E-state index contributed by atoms with van der Waals surface area (Å²) in [4.78, 5) is 29.5. The van der Waals surface area contributed by atoms with Crippen molar-refractivity contribution in [3.05, 3.63) is 32.7 Å². The number of carbonyl (C=O) groups is 2. The second-order valence-electron chi connectivity index (χ2n) is 5.00. The van der Waals surface area contributed by atoms with Gasteiger partial charge in [-0.1, -0.05) is 31.9 Å². The van der Waals surface area contributed by atoms with Crippen LogP contribution in [0.15, 0.2) is 32.1 Å². The normalized spacial score (nSPS) is 20.7. The SMILES string of the molecule is CCNC(=O)N1C(=O)N=C(C)C(C#N)C1c1cc(Br)cc(Br)c1. The van der Waals surface area contributed by atoms with Gasteiger partial charge in [-0.25, -0.2) is 19.5 Å². The van der Waals surface area contributed by atoms with E-state index in [1.165, 1.54) is 0 Å². The molecule has 1 N–H and O–H groups in total. The van der Waals surface area contributed by atoms with Crippen LogP contribution < -0.4 is 5.32 Å². The lowest BCUT2D eigenvalue weighted by Crippen LogP contribution is -2.50. The Labute approximate surface area is 150 Å². The molecule has 0 saturated heterocycles. The van der Waals surface area contributed by atoms with Crippen molar-refractivity contribution in [3.63, 3.8) is 0 Å². The Bertz CT molecular complexity index is 706. The zero-order valence-corrected chi connectivity index (χ0v) is 15.7. The van der Waals surface area contributed by atoms with Crippen molar-refractivity contribution >= 4 is 49.6 Å². The van der Waals surface area contributed by atoms with Crippen LogP contribution in [0.4, 0.5) is 9.59 Å². The number of nitrogens with zero attached hydrogens (tertiary/aromatic N) is 3. The fourth-order valence-electron chi connectivity index (χ4n) is 2.47. The number of hydrogen-bond acceptors (Lipinski definition) is 3. The molecule has 0 bridgehead atoms. The van der Waals surface area contributed by atoms with Crippen molar-refractivity contribution in [3.8, 4) is 6.07 Å². The van der Waals surface area contributed by atoms with Crippen LogP contribution in [0.25, 0.3) is 0 Å². The first-order valence-corrected chi connectivity index (χ1v) is 8.49. The molecule has 4 amide bonds. The lowest BCUT2D eigenvalue weighted by Gasteiger charge is -2.35. The van der Waals surface area contributed by atoms with Crippen molar-refractivity contribution in [2.45, 2.75) is 19.9 Å². The first kappa shape index (κ1) is 17.6. The van der Waals surface area contributed by atoms with E-state index in [-0.39, 0.29) is 0 Å². The quantitative estimate of drug-likeness (QED) is 0.751. The van der Waals surface area contributed by atoms with Gasteiger partial charge >= 0.3 is 12.1 Å². The monoisotopic (exact) mass is 440 g/mol. The van der Waals surface area contributed by atoms with Crippen molar-refractivity contribution < 1.29 is 9.59 Å². The molecular weight excluding hydrogens is 428 g/mol. The summed E-state index contributed by atoms with van der Waals surface area (Å²) in [5.41, 5.74) is 1.07. The molecule has 0 aromatic heterocycles. The van der Waals surface area contributed by atoms with Crippen LogP contribution in [0, 0.1) is 17.2 Å². The van der Waals surface area contributed by atoms with E-state index in [1.54, 1.807) is 26.0 Å². The van der Waals surface area contributed by atoms with Gasteiger partial charge in [-0.05, 0) is 37.6 Å². The van der Waals surface area contributed by atoms with Gasteiger partial charge in [0.25, 0.3) is 0 Å². The standard InChI is InChI=1S/C15H14Br2N4O2/c1-3-19-14(22)21-13(9-4-10(16)6-11(17)5-9)12(7-18)8(2)20-15(21)23/h4-6,12-13H,3H2,1-2H3,(H,19,22). The van der Waals surface area contributed by atoms with Crippen LogP contribution >= 0.6 is 31.9 Å². The second kappa shape index (κ2) is 7.23. The van der Waals surface area contributed by atoms with Crippen LogP contribution in [-0.4, -0.2) is 29.2 Å². The Kier molecular flexibility index (Phi) is 5.55. The third-order valence-electron chi connectivity index (χ3n) is 3.43. The lowest BCUT2D eigenvalue weighted by molar-refractivity contribution is 0.167. The summed E-state index contributed by atoms with van der Waals surface area (Å²) in [7, 11) is 0. The minimum Gasteiger partial charge on any atom is -0.338 e. The molecule has 8 heteroatoms. The zero-order valence-electron chi connectivity index (χ0n) is 12.5. The van der Waals surface area contributed by atoms with E-state index in [1.807, 2.05) is 6.07 Å². The number of carbonyl (C=O) groups excluding carboxylic acids is 2. The molecule has 6 nitrogen and oxygen atoms in total. The number of imide groups is 1. The van der Waals surface area contributed by atoms with E-state index in [2.05, 4.69) is 48.2 Å². The molecule has 23 heavy (non-hydrogen) atoms.